The van der Waals surface area contributed by atoms with E-state index >= 15 is 0 Å². The molecule has 1 amide bonds. The van der Waals surface area contributed by atoms with Crippen molar-refractivity contribution < 1.29 is 13.6 Å². The summed E-state index contributed by atoms with van der Waals surface area (Å²) in [6, 6.07) is 1.41. The first kappa shape index (κ1) is 20.2. The highest BCUT2D eigenvalue weighted by Gasteiger charge is 2.27. The number of hydrogen-bond acceptors (Lipinski definition) is 6. The first-order valence-electron chi connectivity index (χ1n) is 10.1. The Morgan fingerprint density at radius 3 is 2.66 bits per heavy atom. The molecule has 2 aliphatic heterocycles. The number of aromatic nitrogens is 2. The molecule has 0 spiro atoms. The minimum absolute atomic E-state index is 0.00464. The molecule has 2 aromatic rings. The van der Waals surface area contributed by atoms with Gasteiger partial charge in [-0.2, -0.15) is 0 Å². The van der Waals surface area contributed by atoms with Crippen molar-refractivity contribution in [2.45, 2.75) is 44.7 Å². The van der Waals surface area contributed by atoms with Crippen molar-refractivity contribution >= 4 is 22.4 Å². The quantitative estimate of drug-likeness (QED) is 0.803. The van der Waals surface area contributed by atoms with Gasteiger partial charge >= 0.3 is 0 Å². The van der Waals surface area contributed by atoms with Crippen molar-refractivity contribution in [2.75, 3.05) is 31.1 Å². The van der Waals surface area contributed by atoms with E-state index in [9.17, 15) is 13.6 Å². The molecule has 4 rings (SSSR count). The Bertz CT molecular complexity index is 847. The third kappa shape index (κ3) is 4.90. The number of pyridine rings is 1. The zero-order valence-corrected chi connectivity index (χ0v) is 17.1. The fourth-order valence-electron chi connectivity index (χ4n) is 4.05. The van der Waals surface area contributed by atoms with Gasteiger partial charge in [-0.05, 0) is 38.8 Å². The van der Waals surface area contributed by atoms with E-state index in [2.05, 4.69) is 25.1 Å². The van der Waals surface area contributed by atoms with Crippen LogP contribution in [0.15, 0.2) is 17.6 Å². The Morgan fingerprint density at radius 1 is 1.17 bits per heavy atom. The molecule has 9 heteroatoms. The van der Waals surface area contributed by atoms with Crippen LogP contribution < -0.4 is 10.2 Å². The molecule has 2 fully saturated rings. The molecule has 4 heterocycles. The van der Waals surface area contributed by atoms with Crippen LogP contribution in [0.25, 0.3) is 0 Å². The Labute approximate surface area is 172 Å². The molecule has 0 aliphatic carbocycles. The molecule has 0 radical (unpaired) electrons. The van der Waals surface area contributed by atoms with Gasteiger partial charge in [-0.1, -0.05) is 6.42 Å². The summed E-state index contributed by atoms with van der Waals surface area (Å²) in [4.78, 5) is 25.3. The molecule has 29 heavy (non-hydrogen) atoms. The lowest BCUT2D eigenvalue weighted by molar-refractivity contribution is 0.0945. The number of carbonyl (C=O) groups excluding carboxylic acids is 1. The monoisotopic (exact) mass is 421 g/mol. The number of likely N-dealkylation sites (tertiary alicyclic amines) is 1. The smallest absolute Gasteiger partial charge is 0.271 e. The Hall–Kier alpha value is -2.13. The molecule has 0 atom stereocenters. The number of thiazole rings is 1. The Morgan fingerprint density at radius 2 is 1.93 bits per heavy atom. The summed E-state index contributed by atoms with van der Waals surface area (Å²) < 4.78 is 26.6. The maximum Gasteiger partial charge on any atom is 0.271 e. The number of hydrogen-bond donors (Lipinski definition) is 1. The SMILES string of the molecule is O=C(NCc1ncc(F)cc1F)c1csc(N2CCC(N3CCCCC3)CC2)n1. The minimum Gasteiger partial charge on any atom is -0.348 e. The van der Waals surface area contributed by atoms with Gasteiger partial charge in [0.05, 0.1) is 18.4 Å². The van der Waals surface area contributed by atoms with Crippen molar-refractivity contribution in [1.82, 2.24) is 20.2 Å². The Balaban J connectivity index is 1.29. The first-order chi connectivity index (χ1) is 14.1. The number of carbonyl (C=O) groups is 1. The van der Waals surface area contributed by atoms with E-state index in [1.54, 1.807) is 5.38 Å². The van der Waals surface area contributed by atoms with Crippen LogP contribution in [0.1, 0.15) is 48.3 Å². The van der Waals surface area contributed by atoms with Gasteiger partial charge in [-0.15, -0.1) is 11.3 Å². The van der Waals surface area contributed by atoms with E-state index in [0.717, 1.165) is 43.3 Å². The van der Waals surface area contributed by atoms with Crippen LogP contribution in [0.4, 0.5) is 13.9 Å². The predicted octanol–water partition coefficient (Wildman–Crippen LogP) is 3.20. The molecule has 156 valence electrons. The Kier molecular flexibility index (Phi) is 6.34. The topological polar surface area (TPSA) is 61.4 Å². The summed E-state index contributed by atoms with van der Waals surface area (Å²) in [6.45, 7) is 4.21. The molecule has 2 saturated heterocycles. The minimum atomic E-state index is -0.777. The number of nitrogens with one attached hydrogen (secondary N) is 1. The van der Waals surface area contributed by atoms with Crippen molar-refractivity contribution in [3.8, 4) is 0 Å². The number of anilines is 1. The summed E-state index contributed by atoms with van der Waals surface area (Å²) in [6.07, 6.45) is 7.14. The van der Waals surface area contributed by atoms with Crippen LogP contribution in [-0.2, 0) is 6.54 Å². The summed E-state index contributed by atoms with van der Waals surface area (Å²) in [7, 11) is 0. The molecule has 0 aromatic carbocycles. The second-order valence-electron chi connectivity index (χ2n) is 7.59. The van der Waals surface area contributed by atoms with Crippen molar-refractivity contribution in [3.63, 3.8) is 0 Å². The zero-order chi connectivity index (χ0) is 20.2. The summed E-state index contributed by atoms with van der Waals surface area (Å²) >= 11 is 1.45. The van der Waals surface area contributed by atoms with Gasteiger partial charge in [0.2, 0.25) is 0 Å². The highest BCUT2D eigenvalue weighted by molar-refractivity contribution is 7.13. The van der Waals surface area contributed by atoms with Gasteiger partial charge in [0.15, 0.2) is 5.13 Å². The number of nitrogens with zero attached hydrogens (tertiary/aromatic N) is 4. The van der Waals surface area contributed by atoms with E-state index in [-0.39, 0.29) is 18.1 Å². The third-order valence-corrected chi connectivity index (χ3v) is 6.57. The summed E-state index contributed by atoms with van der Waals surface area (Å²) in [5, 5.41) is 5.16. The lowest BCUT2D eigenvalue weighted by Gasteiger charge is -2.40. The van der Waals surface area contributed by atoms with E-state index in [4.69, 9.17) is 0 Å². The normalized spacial score (nSPS) is 18.8. The first-order valence-corrected chi connectivity index (χ1v) is 11.0. The fourth-order valence-corrected chi connectivity index (χ4v) is 4.91. The number of halogens is 2. The van der Waals surface area contributed by atoms with Crippen molar-refractivity contribution in [3.05, 3.63) is 40.7 Å². The standard InChI is InChI=1S/C20H25F2N5OS/c21-14-10-16(22)17(23-11-14)12-24-19(28)18-13-29-20(25-18)27-8-4-15(5-9-27)26-6-2-1-3-7-26/h10-11,13,15H,1-9,12H2,(H,24,28). The van der Waals surface area contributed by atoms with Gasteiger partial charge in [0, 0.05) is 30.6 Å². The molecule has 1 N–H and O–H groups in total. The van der Waals surface area contributed by atoms with Crippen LogP contribution in [0, 0.1) is 11.6 Å². The average molecular weight is 422 g/mol. The molecule has 6 nitrogen and oxygen atoms in total. The van der Waals surface area contributed by atoms with Gasteiger partial charge in [0.1, 0.15) is 17.3 Å². The van der Waals surface area contributed by atoms with E-state index in [1.165, 1.54) is 43.7 Å². The summed E-state index contributed by atoms with van der Waals surface area (Å²) in [5.74, 6) is -1.91. The largest absolute Gasteiger partial charge is 0.348 e. The second kappa shape index (κ2) is 9.13. The summed E-state index contributed by atoms with van der Waals surface area (Å²) in [5.41, 5.74) is 0.306. The molecule has 0 saturated carbocycles. The van der Waals surface area contributed by atoms with E-state index in [1.807, 2.05) is 0 Å². The van der Waals surface area contributed by atoms with Crippen molar-refractivity contribution in [2.24, 2.45) is 0 Å². The van der Waals surface area contributed by atoms with Gasteiger partial charge < -0.3 is 15.1 Å². The third-order valence-electron chi connectivity index (χ3n) is 5.67. The predicted molar refractivity (Wildman–Crippen MR) is 108 cm³/mol. The molecular weight excluding hydrogens is 396 g/mol. The zero-order valence-electron chi connectivity index (χ0n) is 16.2. The molecular formula is C20H25F2N5OS. The highest BCUT2D eigenvalue weighted by atomic mass is 32.1. The lowest BCUT2D eigenvalue weighted by Crippen LogP contribution is -2.46. The molecule has 0 bridgehead atoms. The highest BCUT2D eigenvalue weighted by Crippen LogP contribution is 2.27. The number of piperidine rings is 2. The number of rotatable bonds is 5. The van der Waals surface area contributed by atoms with Crippen LogP contribution in [0.3, 0.4) is 0 Å². The molecule has 2 aromatic heterocycles. The van der Waals surface area contributed by atoms with E-state index < -0.39 is 11.6 Å². The van der Waals surface area contributed by atoms with E-state index in [0.29, 0.717) is 11.7 Å². The lowest BCUT2D eigenvalue weighted by atomic mass is 10.0. The van der Waals surface area contributed by atoms with Crippen molar-refractivity contribution in [1.29, 1.82) is 0 Å². The maximum absolute atomic E-state index is 13.6. The van der Waals surface area contributed by atoms with Crippen LogP contribution >= 0.6 is 11.3 Å². The van der Waals surface area contributed by atoms with Gasteiger partial charge in [-0.25, -0.2) is 13.8 Å². The van der Waals surface area contributed by atoms with Gasteiger partial charge in [0.25, 0.3) is 5.91 Å². The fraction of sp³-hybridized carbons (Fsp3) is 0.550. The number of amides is 1. The van der Waals surface area contributed by atoms with Crippen LogP contribution in [-0.4, -0.2) is 53.0 Å². The van der Waals surface area contributed by atoms with Crippen LogP contribution in [0.2, 0.25) is 0 Å². The average Bonchev–Trinajstić information content (AvgIpc) is 3.24. The van der Waals surface area contributed by atoms with Gasteiger partial charge in [-0.3, -0.25) is 9.78 Å². The van der Waals surface area contributed by atoms with Crippen LogP contribution in [0.5, 0.6) is 0 Å². The molecule has 0 unspecified atom stereocenters. The second-order valence-corrected chi connectivity index (χ2v) is 8.43. The maximum atomic E-state index is 13.6. The molecule has 2 aliphatic rings.